The van der Waals surface area contributed by atoms with Crippen LogP contribution < -0.4 is 15.1 Å². The van der Waals surface area contributed by atoms with E-state index >= 15 is 0 Å². The summed E-state index contributed by atoms with van der Waals surface area (Å²) in [6.45, 7) is 4.07. The lowest BCUT2D eigenvalue weighted by molar-refractivity contribution is 0.0605. The van der Waals surface area contributed by atoms with Gasteiger partial charge in [0, 0.05) is 0 Å². The van der Waals surface area contributed by atoms with Crippen molar-refractivity contribution < 1.29 is 23.5 Å². The van der Waals surface area contributed by atoms with Crippen LogP contribution in [0.1, 0.15) is 50.0 Å². The van der Waals surface area contributed by atoms with E-state index in [1.54, 1.807) is 55.5 Å². The first-order valence-corrected chi connectivity index (χ1v) is 11.4. The number of methoxy groups -OCH3 is 1. The van der Waals surface area contributed by atoms with Gasteiger partial charge < -0.3 is 13.9 Å². The Morgan fingerprint density at radius 2 is 1.88 bits per heavy atom. The maximum absolute atomic E-state index is 13.6. The molecule has 0 saturated heterocycles. The predicted octanol–water partition coefficient (Wildman–Crippen LogP) is 4.49. The van der Waals surface area contributed by atoms with Crippen molar-refractivity contribution in [3.05, 3.63) is 86.2 Å². The fraction of sp³-hybridized carbons (Fsp3) is 0.200. The van der Waals surface area contributed by atoms with Gasteiger partial charge in [-0.3, -0.25) is 14.5 Å². The molecule has 8 nitrogen and oxygen atoms in total. The third-order valence-corrected chi connectivity index (χ3v) is 6.78. The molecule has 0 fully saturated rings. The van der Waals surface area contributed by atoms with E-state index in [4.69, 9.17) is 13.9 Å². The van der Waals surface area contributed by atoms with Crippen LogP contribution >= 0.6 is 11.3 Å². The number of esters is 1. The Balaban J connectivity index is 1.74. The number of hydrogen-bond acceptors (Lipinski definition) is 8. The van der Waals surface area contributed by atoms with Crippen molar-refractivity contribution in [2.24, 2.45) is 0 Å². The van der Waals surface area contributed by atoms with E-state index in [0.717, 1.165) is 11.3 Å². The van der Waals surface area contributed by atoms with Crippen molar-refractivity contribution in [2.75, 3.05) is 18.6 Å². The quantitative estimate of drug-likeness (QED) is 0.391. The summed E-state index contributed by atoms with van der Waals surface area (Å²) >= 11 is 1.03. The first-order valence-electron chi connectivity index (χ1n) is 10.6. The van der Waals surface area contributed by atoms with Gasteiger partial charge in [0.1, 0.15) is 16.2 Å². The monoisotopic (exact) mass is 476 g/mol. The molecule has 2 aromatic carbocycles. The largest absolute Gasteiger partial charge is 0.494 e. The number of aromatic nitrogens is 1. The lowest BCUT2D eigenvalue weighted by Crippen LogP contribution is -2.29. The third-order valence-electron chi connectivity index (χ3n) is 5.65. The molecule has 34 heavy (non-hydrogen) atoms. The molecule has 0 N–H and O–H groups in total. The highest BCUT2D eigenvalue weighted by molar-refractivity contribution is 7.17. The highest BCUT2D eigenvalue weighted by atomic mass is 32.1. The lowest BCUT2D eigenvalue weighted by atomic mass is 9.98. The molecule has 2 aromatic heterocycles. The maximum Gasteiger partial charge on any atom is 0.350 e. The number of anilines is 1. The molecular formula is C25H20N2O6S. The molecule has 0 saturated carbocycles. The third kappa shape index (κ3) is 3.36. The van der Waals surface area contributed by atoms with Crippen LogP contribution in [0.25, 0.3) is 11.0 Å². The van der Waals surface area contributed by atoms with Gasteiger partial charge >= 0.3 is 5.97 Å². The van der Waals surface area contributed by atoms with E-state index < -0.39 is 17.9 Å². The zero-order chi connectivity index (χ0) is 24.0. The van der Waals surface area contributed by atoms with Gasteiger partial charge in [-0.2, -0.15) is 0 Å². The standard InChI is InChI=1S/C25H20N2O6S/c1-4-32-15-11-9-14(10-12-15)19-18-20(28)16-7-5-6-8-17(16)33-21(18)23(29)27(19)25-26-13(2)22(34-25)24(30)31-3/h5-12,19H,4H2,1-3H3/t19-/m0/s1. The van der Waals surface area contributed by atoms with Crippen molar-refractivity contribution in [2.45, 2.75) is 19.9 Å². The lowest BCUT2D eigenvalue weighted by Gasteiger charge is -2.22. The number of benzene rings is 2. The van der Waals surface area contributed by atoms with Crippen molar-refractivity contribution in [3.63, 3.8) is 0 Å². The average molecular weight is 477 g/mol. The average Bonchev–Trinajstić information content (AvgIpc) is 3.37. The van der Waals surface area contributed by atoms with Crippen LogP contribution in [0.5, 0.6) is 5.75 Å². The minimum absolute atomic E-state index is 0.0324. The summed E-state index contributed by atoms with van der Waals surface area (Å²) in [6.07, 6.45) is 0. The Labute approximate surface area is 198 Å². The summed E-state index contributed by atoms with van der Waals surface area (Å²) in [4.78, 5) is 45.6. The fourth-order valence-electron chi connectivity index (χ4n) is 4.11. The Bertz CT molecular complexity index is 1490. The Morgan fingerprint density at radius 1 is 1.15 bits per heavy atom. The number of carbonyl (C=O) groups is 2. The number of carbonyl (C=O) groups excluding carboxylic acids is 2. The molecule has 4 aromatic rings. The smallest absolute Gasteiger partial charge is 0.350 e. The second-order valence-electron chi connectivity index (χ2n) is 7.65. The maximum atomic E-state index is 13.6. The van der Waals surface area contributed by atoms with Gasteiger partial charge in [0.15, 0.2) is 10.6 Å². The highest BCUT2D eigenvalue weighted by Crippen LogP contribution is 2.43. The molecule has 0 unspecified atom stereocenters. The second kappa shape index (κ2) is 8.42. The summed E-state index contributed by atoms with van der Waals surface area (Å²) in [5.74, 6) is -0.397. The number of thiazole rings is 1. The molecule has 1 atom stereocenters. The fourth-order valence-corrected chi connectivity index (χ4v) is 5.12. The van der Waals surface area contributed by atoms with Crippen molar-refractivity contribution in [1.29, 1.82) is 0 Å². The summed E-state index contributed by atoms with van der Waals surface area (Å²) in [6, 6.07) is 13.2. The van der Waals surface area contributed by atoms with Crippen LogP contribution in [0.3, 0.4) is 0 Å². The zero-order valence-corrected chi connectivity index (χ0v) is 19.5. The Morgan fingerprint density at radius 3 is 2.59 bits per heavy atom. The summed E-state index contributed by atoms with van der Waals surface area (Å²) in [5, 5.41) is 0.661. The van der Waals surface area contributed by atoms with Gasteiger partial charge in [-0.15, -0.1) is 0 Å². The van der Waals surface area contributed by atoms with E-state index in [9.17, 15) is 14.4 Å². The van der Waals surface area contributed by atoms with Crippen molar-refractivity contribution in [3.8, 4) is 5.75 Å². The zero-order valence-electron chi connectivity index (χ0n) is 18.7. The summed E-state index contributed by atoms with van der Waals surface area (Å²) in [5.41, 5.74) is 1.40. The van der Waals surface area contributed by atoms with Gasteiger partial charge in [0.05, 0.1) is 36.4 Å². The Kier molecular flexibility index (Phi) is 5.41. The number of amides is 1. The molecule has 1 amide bonds. The molecule has 1 aliphatic rings. The van der Waals surface area contributed by atoms with E-state index in [0.29, 0.717) is 34.6 Å². The van der Waals surface area contributed by atoms with E-state index in [1.807, 2.05) is 6.92 Å². The molecule has 0 bridgehead atoms. The minimum Gasteiger partial charge on any atom is -0.494 e. The van der Waals surface area contributed by atoms with E-state index in [1.165, 1.54) is 12.0 Å². The highest BCUT2D eigenvalue weighted by Gasteiger charge is 2.45. The van der Waals surface area contributed by atoms with Crippen LogP contribution in [0, 0.1) is 6.92 Å². The van der Waals surface area contributed by atoms with Crippen LogP contribution in [0.4, 0.5) is 5.13 Å². The summed E-state index contributed by atoms with van der Waals surface area (Å²) in [7, 11) is 1.29. The van der Waals surface area contributed by atoms with Gasteiger partial charge in [-0.25, -0.2) is 9.78 Å². The van der Waals surface area contributed by atoms with Crippen LogP contribution in [-0.2, 0) is 4.74 Å². The first kappa shape index (κ1) is 21.8. The SMILES string of the molecule is CCOc1ccc([C@H]2c3c(oc4ccccc4c3=O)C(=O)N2c2nc(C)c(C(=O)OC)s2)cc1. The number of nitrogens with zero attached hydrogens (tertiary/aromatic N) is 2. The molecule has 9 heteroatoms. The number of para-hydroxylation sites is 1. The van der Waals surface area contributed by atoms with Crippen LogP contribution in [0.2, 0.25) is 0 Å². The first-order chi connectivity index (χ1) is 16.4. The van der Waals surface area contributed by atoms with Crippen molar-refractivity contribution >= 4 is 39.3 Å². The molecule has 0 aliphatic carbocycles. The molecule has 5 rings (SSSR count). The molecule has 3 heterocycles. The number of ether oxygens (including phenoxy) is 2. The number of rotatable bonds is 5. The predicted molar refractivity (Wildman–Crippen MR) is 127 cm³/mol. The van der Waals surface area contributed by atoms with Gasteiger partial charge in [-0.1, -0.05) is 35.6 Å². The molecule has 172 valence electrons. The number of aryl methyl sites for hydroxylation is 1. The van der Waals surface area contributed by atoms with Crippen LogP contribution in [0.15, 0.2) is 57.7 Å². The minimum atomic E-state index is -0.782. The van der Waals surface area contributed by atoms with Gasteiger partial charge in [-0.05, 0) is 43.7 Å². The molecular weight excluding hydrogens is 456 g/mol. The van der Waals surface area contributed by atoms with Crippen LogP contribution in [-0.4, -0.2) is 30.6 Å². The van der Waals surface area contributed by atoms with E-state index in [-0.39, 0.29) is 26.8 Å². The number of fused-ring (bicyclic) bond motifs is 2. The Hall–Kier alpha value is -3.98. The molecule has 0 radical (unpaired) electrons. The van der Waals surface area contributed by atoms with E-state index in [2.05, 4.69) is 4.98 Å². The topological polar surface area (TPSA) is 98.9 Å². The second-order valence-corrected chi connectivity index (χ2v) is 8.63. The van der Waals surface area contributed by atoms with Gasteiger partial charge in [0.25, 0.3) is 5.91 Å². The van der Waals surface area contributed by atoms with Crippen molar-refractivity contribution in [1.82, 2.24) is 4.98 Å². The van der Waals surface area contributed by atoms with Gasteiger partial charge in [0.2, 0.25) is 5.76 Å². The molecule has 0 spiro atoms. The normalized spacial score (nSPS) is 15.0. The number of hydrogen-bond donors (Lipinski definition) is 0. The molecule has 1 aliphatic heterocycles. The summed E-state index contributed by atoms with van der Waals surface area (Å²) < 4.78 is 16.3.